The van der Waals surface area contributed by atoms with Gasteiger partial charge in [0.15, 0.2) is 0 Å². The Bertz CT molecular complexity index is 1010. The van der Waals surface area contributed by atoms with Crippen LogP contribution in [0, 0.1) is 5.41 Å². The summed E-state index contributed by atoms with van der Waals surface area (Å²) < 4.78 is 0. The first-order chi connectivity index (χ1) is 16.5. The van der Waals surface area contributed by atoms with Crippen LogP contribution in [0.5, 0.6) is 0 Å². The number of thiazole rings is 1. The Morgan fingerprint density at radius 3 is 2.34 bits per heavy atom. The minimum Gasteiger partial charge on any atom is -0.481 e. The van der Waals surface area contributed by atoms with Crippen LogP contribution in [0.2, 0.25) is 0 Å². The van der Waals surface area contributed by atoms with Crippen molar-refractivity contribution in [3.63, 3.8) is 0 Å². The smallest absolute Gasteiger partial charge is 0.342 e. The van der Waals surface area contributed by atoms with Crippen molar-refractivity contribution in [3.05, 3.63) is 45.9 Å². The number of carboxylic acids is 1. The molecular weight excluding hydrogens is 470 g/mol. The molecule has 35 heavy (non-hydrogen) atoms. The number of hydrogen-bond acceptors (Lipinski definition) is 8. The van der Waals surface area contributed by atoms with Crippen molar-refractivity contribution in [3.8, 4) is 0 Å². The summed E-state index contributed by atoms with van der Waals surface area (Å²) in [6.07, 6.45) is 5.88. The third kappa shape index (κ3) is 8.83. The molecule has 9 nitrogen and oxygen atoms in total. The zero-order valence-corrected chi connectivity index (χ0v) is 21.1. The highest BCUT2D eigenvalue weighted by atomic mass is 32.1. The van der Waals surface area contributed by atoms with E-state index in [4.69, 9.17) is 20.3 Å². The van der Waals surface area contributed by atoms with Gasteiger partial charge in [0.25, 0.3) is 0 Å². The number of benzene rings is 1. The number of carbonyl (C=O) groups is 2. The molecule has 0 bridgehead atoms. The Morgan fingerprint density at radius 2 is 1.83 bits per heavy atom. The van der Waals surface area contributed by atoms with Crippen LogP contribution >= 0.6 is 11.3 Å². The second-order valence-electron chi connectivity index (χ2n) is 8.60. The summed E-state index contributed by atoms with van der Waals surface area (Å²) in [6, 6.07) is 7.54. The highest BCUT2D eigenvalue weighted by Crippen LogP contribution is 2.36. The number of carboxylic acid groups (broad SMARTS) is 1. The standard InChI is InChI=1S/C23H28N2O3S.C2H7NO3/c1-3-23(4-2,22(27)28)14-20(26)24-18-10-5-7-16(13-18)11-12-21-25-19(15-29-21)17-8-6-9-17;1-3-2(4,5)6/h5,7,10-13,15,17H,3-4,6,8-9,14H2,1-2H3,(H,24,26)(H,27,28);3-6H,1H3/b12-11+;. The number of amides is 1. The Kier molecular flexibility index (Phi) is 10.5. The normalized spacial score (nSPS) is 14.2. The first-order valence-corrected chi connectivity index (χ1v) is 12.5. The van der Waals surface area contributed by atoms with Crippen LogP contribution in [-0.2, 0) is 9.59 Å². The maximum atomic E-state index is 12.4. The van der Waals surface area contributed by atoms with Gasteiger partial charge < -0.3 is 25.7 Å². The lowest BCUT2D eigenvalue weighted by atomic mass is 9.79. The average Bonchev–Trinajstić information content (AvgIpc) is 3.23. The summed E-state index contributed by atoms with van der Waals surface area (Å²) in [5.74, 6) is -0.558. The van der Waals surface area contributed by atoms with Crippen molar-refractivity contribution in [2.45, 2.75) is 64.4 Å². The van der Waals surface area contributed by atoms with Crippen LogP contribution in [0.15, 0.2) is 29.6 Å². The molecule has 1 aliphatic rings. The molecule has 1 heterocycles. The fourth-order valence-corrected chi connectivity index (χ4v) is 4.34. The number of hydrogen-bond donors (Lipinski definition) is 6. The molecule has 1 aliphatic carbocycles. The van der Waals surface area contributed by atoms with Gasteiger partial charge in [0.2, 0.25) is 5.91 Å². The van der Waals surface area contributed by atoms with E-state index in [1.165, 1.54) is 32.0 Å². The maximum absolute atomic E-state index is 12.4. The predicted molar refractivity (Wildman–Crippen MR) is 136 cm³/mol. The van der Waals surface area contributed by atoms with Crippen LogP contribution < -0.4 is 10.6 Å². The van der Waals surface area contributed by atoms with Crippen LogP contribution in [-0.4, -0.2) is 50.4 Å². The van der Waals surface area contributed by atoms with E-state index in [0.29, 0.717) is 24.4 Å². The fraction of sp³-hybridized carbons (Fsp3) is 0.480. The van der Waals surface area contributed by atoms with Gasteiger partial charge in [-0.2, -0.15) is 0 Å². The summed E-state index contributed by atoms with van der Waals surface area (Å²) in [4.78, 5) is 28.8. The van der Waals surface area contributed by atoms with E-state index in [0.717, 1.165) is 10.6 Å². The lowest BCUT2D eigenvalue weighted by Crippen LogP contribution is -2.41. The molecule has 2 aromatic rings. The van der Waals surface area contributed by atoms with Gasteiger partial charge in [0.1, 0.15) is 5.01 Å². The van der Waals surface area contributed by atoms with Crippen molar-refractivity contribution >= 4 is 41.1 Å². The molecule has 1 amide bonds. The summed E-state index contributed by atoms with van der Waals surface area (Å²) in [5, 5.41) is 40.8. The van der Waals surface area contributed by atoms with Gasteiger partial charge in [0.05, 0.1) is 11.1 Å². The van der Waals surface area contributed by atoms with Gasteiger partial charge in [0, 0.05) is 23.4 Å². The number of aliphatic hydroxyl groups is 3. The monoisotopic (exact) mass is 505 g/mol. The Hall–Kier alpha value is -2.63. The molecule has 1 saturated carbocycles. The van der Waals surface area contributed by atoms with Gasteiger partial charge in [-0.25, -0.2) is 10.3 Å². The summed E-state index contributed by atoms with van der Waals surface area (Å²) in [6.45, 7) is 3.62. The van der Waals surface area contributed by atoms with Crippen molar-refractivity contribution in [1.82, 2.24) is 10.3 Å². The molecule has 0 radical (unpaired) electrons. The number of rotatable bonds is 10. The molecule has 1 aromatic heterocycles. The van der Waals surface area contributed by atoms with E-state index < -0.39 is 17.5 Å². The molecule has 6 N–H and O–H groups in total. The van der Waals surface area contributed by atoms with Gasteiger partial charge in [-0.1, -0.05) is 38.5 Å². The molecule has 0 atom stereocenters. The van der Waals surface area contributed by atoms with E-state index in [1.807, 2.05) is 50.3 Å². The number of aromatic nitrogens is 1. The number of nitrogens with zero attached hydrogens (tertiary/aromatic N) is 1. The van der Waals surface area contributed by atoms with Crippen LogP contribution in [0.3, 0.4) is 0 Å². The number of nitrogens with one attached hydrogen (secondary N) is 2. The van der Waals surface area contributed by atoms with Crippen molar-refractivity contribution in [2.75, 3.05) is 12.4 Å². The predicted octanol–water partition coefficient (Wildman–Crippen LogP) is 3.59. The molecule has 0 aliphatic heterocycles. The van der Waals surface area contributed by atoms with E-state index in [-0.39, 0.29) is 12.3 Å². The minimum atomic E-state index is -2.71. The second kappa shape index (κ2) is 12.9. The first kappa shape index (κ1) is 28.6. The van der Waals surface area contributed by atoms with Crippen LogP contribution in [0.4, 0.5) is 5.69 Å². The van der Waals surface area contributed by atoms with Crippen molar-refractivity contribution < 1.29 is 30.0 Å². The third-order valence-corrected chi connectivity index (χ3v) is 7.12. The van der Waals surface area contributed by atoms with Crippen LogP contribution in [0.1, 0.15) is 74.6 Å². The molecule has 10 heteroatoms. The molecule has 0 spiro atoms. The van der Waals surface area contributed by atoms with Gasteiger partial charge in [-0.05, 0) is 56.5 Å². The summed E-state index contributed by atoms with van der Waals surface area (Å²) in [5.41, 5.74) is 1.82. The van der Waals surface area contributed by atoms with Crippen LogP contribution in [0.25, 0.3) is 12.2 Å². The minimum absolute atomic E-state index is 0.0293. The fourth-order valence-electron chi connectivity index (χ4n) is 3.55. The lowest BCUT2D eigenvalue weighted by molar-refractivity contribution is -0.328. The molecule has 0 unspecified atom stereocenters. The van der Waals surface area contributed by atoms with Crippen molar-refractivity contribution in [2.24, 2.45) is 5.41 Å². The van der Waals surface area contributed by atoms with E-state index in [1.54, 1.807) is 16.7 Å². The molecule has 3 rings (SSSR count). The number of anilines is 1. The molecule has 1 fully saturated rings. The van der Waals surface area contributed by atoms with Crippen molar-refractivity contribution in [1.29, 1.82) is 0 Å². The highest BCUT2D eigenvalue weighted by molar-refractivity contribution is 7.10. The zero-order chi connectivity index (χ0) is 26.1. The number of carbonyl (C=O) groups excluding carboxylic acids is 1. The molecular formula is C25H35N3O6S. The quantitative estimate of drug-likeness (QED) is 0.268. The number of aliphatic carboxylic acids is 1. The zero-order valence-electron chi connectivity index (χ0n) is 20.3. The molecule has 1 aromatic carbocycles. The Balaban J connectivity index is 0.000000641. The van der Waals surface area contributed by atoms with E-state index in [2.05, 4.69) is 10.7 Å². The molecule has 0 saturated heterocycles. The third-order valence-electron chi connectivity index (χ3n) is 6.29. The second-order valence-corrected chi connectivity index (χ2v) is 9.49. The summed E-state index contributed by atoms with van der Waals surface area (Å²) in [7, 11) is 1.21. The topological polar surface area (TPSA) is 152 Å². The van der Waals surface area contributed by atoms with Gasteiger partial charge in [-0.15, -0.1) is 11.3 Å². The first-order valence-electron chi connectivity index (χ1n) is 11.6. The maximum Gasteiger partial charge on any atom is 0.342 e. The highest BCUT2D eigenvalue weighted by Gasteiger charge is 2.37. The lowest BCUT2D eigenvalue weighted by Gasteiger charge is -2.25. The van der Waals surface area contributed by atoms with Gasteiger partial charge in [-0.3, -0.25) is 9.59 Å². The van der Waals surface area contributed by atoms with E-state index in [9.17, 15) is 14.7 Å². The largest absolute Gasteiger partial charge is 0.481 e. The van der Waals surface area contributed by atoms with Gasteiger partial charge >= 0.3 is 12.1 Å². The average molecular weight is 506 g/mol. The SMILES string of the molecule is CCC(CC)(CC(=O)Nc1cccc(/C=C/c2nc(C3CCC3)cs2)c1)C(=O)O.CNC(O)(O)O. The molecule has 192 valence electrons. The van der Waals surface area contributed by atoms with E-state index >= 15 is 0 Å². The summed E-state index contributed by atoms with van der Waals surface area (Å²) >= 11 is 1.65. The Morgan fingerprint density at radius 1 is 1.17 bits per heavy atom. The Labute approximate surface area is 209 Å².